The van der Waals surface area contributed by atoms with Crippen molar-refractivity contribution in [3.05, 3.63) is 70.5 Å². The van der Waals surface area contributed by atoms with Crippen LogP contribution in [0.4, 0.5) is 5.82 Å². The second-order valence-electron chi connectivity index (χ2n) is 6.18. The number of halogens is 2. The molecule has 0 saturated heterocycles. The highest BCUT2D eigenvalue weighted by molar-refractivity contribution is 7.99. The fourth-order valence-electron chi connectivity index (χ4n) is 2.68. The summed E-state index contributed by atoms with van der Waals surface area (Å²) < 4.78 is 7.33. The third kappa shape index (κ3) is 4.35. The molecule has 3 aromatic heterocycles. The molecule has 30 heavy (non-hydrogen) atoms. The smallest absolute Gasteiger partial charge is 0.236 e. The van der Waals surface area contributed by atoms with Gasteiger partial charge in [0.2, 0.25) is 11.7 Å². The number of hydrogen-bond acceptors (Lipinski definition) is 6. The van der Waals surface area contributed by atoms with Gasteiger partial charge in [0.1, 0.15) is 0 Å². The molecular weight excluding hydrogens is 445 g/mol. The minimum atomic E-state index is -0.279. The molecule has 152 valence electrons. The molecule has 10 heteroatoms. The van der Waals surface area contributed by atoms with Gasteiger partial charge in [-0.05, 0) is 37.3 Å². The normalized spacial score (nSPS) is 10.9. The van der Waals surface area contributed by atoms with Crippen LogP contribution < -0.4 is 5.32 Å². The number of nitrogens with one attached hydrogen (secondary N) is 1. The summed E-state index contributed by atoms with van der Waals surface area (Å²) in [7, 11) is 0. The summed E-state index contributed by atoms with van der Waals surface area (Å²) in [5.41, 5.74) is 1.44. The van der Waals surface area contributed by atoms with Gasteiger partial charge in [0, 0.05) is 5.69 Å². The van der Waals surface area contributed by atoms with Crippen LogP contribution in [0.5, 0.6) is 0 Å². The van der Waals surface area contributed by atoms with Crippen molar-refractivity contribution in [1.82, 2.24) is 19.7 Å². The monoisotopic (exact) mass is 459 g/mol. The maximum atomic E-state index is 12.5. The Bertz CT molecular complexity index is 1180. The zero-order valence-corrected chi connectivity index (χ0v) is 18.0. The molecule has 1 aromatic carbocycles. The van der Waals surface area contributed by atoms with Crippen molar-refractivity contribution in [1.29, 1.82) is 0 Å². The van der Waals surface area contributed by atoms with Crippen molar-refractivity contribution in [3.63, 3.8) is 0 Å². The first kappa shape index (κ1) is 20.5. The molecule has 4 rings (SSSR count). The van der Waals surface area contributed by atoms with Crippen LogP contribution in [0.1, 0.15) is 5.69 Å². The Morgan fingerprint density at radius 3 is 2.67 bits per heavy atom. The van der Waals surface area contributed by atoms with Gasteiger partial charge in [-0.1, -0.05) is 53.2 Å². The number of carbonyl (C=O) groups is 1. The molecule has 7 nitrogen and oxygen atoms in total. The predicted molar refractivity (Wildman–Crippen MR) is 117 cm³/mol. The number of benzene rings is 1. The van der Waals surface area contributed by atoms with Crippen molar-refractivity contribution in [2.75, 3.05) is 11.1 Å². The Kier molecular flexibility index (Phi) is 6.08. The number of aryl methyl sites for hydroxylation is 1. The van der Waals surface area contributed by atoms with Crippen LogP contribution in [0.3, 0.4) is 0 Å². The van der Waals surface area contributed by atoms with E-state index in [0.717, 1.165) is 5.69 Å². The van der Waals surface area contributed by atoms with Crippen molar-refractivity contribution < 1.29 is 9.21 Å². The summed E-state index contributed by atoms with van der Waals surface area (Å²) in [6.07, 6.45) is 1.57. The van der Waals surface area contributed by atoms with Gasteiger partial charge in [0.05, 0.1) is 27.8 Å². The molecule has 0 aliphatic carbocycles. The van der Waals surface area contributed by atoms with E-state index >= 15 is 0 Å². The van der Waals surface area contributed by atoms with E-state index in [1.807, 2.05) is 34.9 Å². The SMILES string of the molecule is Cc1nc(NC(=O)CSc2nnc(-c3ccco3)n2-c2ccccc2)c(Cl)cc1Cl. The summed E-state index contributed by atoms with van der Waals surface area (Å²) in [6.45, 7) is 1.74. The van der Waals surface area contributed by atoms with Gasteiger partial charge in [0.25, 0.3) is 0 Å². The zero-order chi connectivity index (χ0) is 21.1. The first-order chi connectivity index (χ1) is 14.5. The van der Waals surface area contributed by atoms with Crippen LogP contribution in [-0.2, 0) is 4.79 Å². The van der Waals surface area contributed by atoms with E-state index in [4.69, 9.17) is 27.6 Å². The van der Waals surface area contributed by atoms with E-state index in [-0.39, 0.29) is 22.5 Å². The minimum absolute atomic E-state index is 0.0861. The van der Waals surface area contributed by atoms with Crippen LogP contribution in [0.15, 0.2) is 64.4 Å². The lowest BCUT2D eigenvalue weighted by atomic mass is 10.3. The second-order valence-corrected chi connectivity index (χ2v) is 7.93. The summed E-state index contributed by atoms with van der Waals surface area (Å²) in [6, 6.07) is 14.8. The quantitative estimate of drug-likeness (QED) is 0.395. The van der Waals surface area contributed by atoms with E-state index in [2.05, 4.69) is 20.5 Å². The van der Waals surface area contributed by atoms with E-state index in [9.17, 15) is 4.79 Å². The molecule has 0 fully saturated rings. The number of amides is 1. The van der Waals surface area contributed by atoms with Crippen molar-refractivity contribution in [2.24, 2.45) is 0 Å². The van der Waals surface area contributed by atoms with Gasteiger partial charge in [0.15, 0.2) is 16.7 Å². The Balaban J connectivity index is 1.55. The third-order valence-electron chi connectivity index (χ3n) is 4.08. The van der Waals surface area contributed by atoms with Crippen molar-refractivity contribution >= 4 is 46.7 Å². The van der Waals surface area contributed by atoms with Gasteiger partial charge in [-0.2, -0.15) is 0 Å². The fourth-order valence-corrected chi connectivity index (χ4v) is 3.84. The van der Waals surface area contributed by atoms with Crippen molar-refractivity contribution in [2.45, 2.75) is 12.1 Å². The zero-order valence-electron chi connectivity index (χ0n) is 15.7. The van der Waals surface area contributed by atoms with Gasteiger partial charge >= 0.3 is 0 Å². The number of aromatic nitrogens is 4. The van der Waals surface area contributed by atoms with E-state index in [0.29, 0.717) is 27.5 Å². The van der Waals surface area contributed by atoms with Gasteiger partial charge in [-0.25, -0.2) is 4.98 Å². The lowest BCUT2D eigenvalue weighted by molar-refractivity contribution is -0.113. The molecule has 0 spiro atoms. The largest absolute Gasteiger partial charge is 0.461 e. The number of thioether (sulfide) groups is 1. The summed E-state index contributed by atoms with van der Waals surface area (Å²) in [4.78, 5) is 16.7. The fraction of sp³-hybridized carbons (Fsp3) is 0.100. The van der Waals surface area contributed by atoms with Crippen molar-refractivity contribution in [3.8, 4) is 17.3 Å². The Morgan fingerprint density at radius 2 is 1.93 bits per heavy atom. The highest BCUT2D eigenvalue weighted by atomic mass is 35.5. The van der Waals surface area contributed by atoms with Crippen LogP contribution in [0.2, 0.25) is 10.0 Å². The van der Waals surface area contributed by atoms with Crippen LogP contribution in [0, 0.1) is 6.92 Å². The number of carbonyl (C=O) groups excluding carboxylic acids is 1. The van der Waals surface area contributed by atoms with E-state index in [1.165, 1.54) is 11.8 Å². The molecule has 0 unspecified atom stereocenters. The maximum Gasteiger partial charge on any atom is 0.236 e. The molecule has 0 radical (unpaired) electrons. The van der Waals surface area contributed by atoms with E-state index < -0.39 is 0 Å². The summed E-state index contributed by atoms with van der Waals surface area (Å²) in [5, 5.41) is 12.5. The molecular formula is C20H15Cl2N5O2S. The highest BCUT2D eigenvalue weighted by Crippen LogP contribution is 2.29. The number of anilines is 1. The van der Waals surface area contributed by atoms with E-state index in [1.54, 1.807) is 31.4 Å². The molecule has 0 atom stereocenters. The molecule has 0 bridgehead atoms. The topological polar surface area (TPSA) is 85.8 Å². The van der Waals surface area contributed by atoms with Crippen LogP contribution >= 0.6 is 35.0 Å². The number of pyridine rings is 1. The Labute approximate surface area is 186 Å². The standard InChI is InChI=1S/C20H15Cl2N5O2S/c1-12-14(21)10-15(22)18(23-12)24-17(28)11-30-20-26-25-19(16-8-5-9-29-16)27(20)13-6-3-2-4-7-13/h2-10H,11H2,1H3,(H,23,24,28). The van der Waals surface area contributed by atoms with Crippen LogP contribution in [0.25, 0.3) is 17.3 Å². The van der Waals surface area contributed by atoms with Gasteiger partial charge in [-0.3, -0.25) is 9.36 Å². The maximum absolute atomic E-state index is 12.5. The average Bonchev–Trinajstić information content (AvgIpc) is 3.40. The number of hydrogen-bond donors (Lipinski definition) is 1. The lowest BCUT2D eigenvalue weighted by Gasteiger charge is -2.10. The molecule has 1 amide bonds. The van der Waals surface area contributed by atoms with Gasteiger partial charge in [-0.15, -0.1) is 10.2 Å². The summed E-state index contributed by atoms with van der Waals surface area (Å²) in [5.74, 6) is 1.20. The average molecular weight is 460 g/mol. The highest BCUT2D eigenvalue weighted by Gasteiger charge is 2.19. The molecule has 0 saturated carbocycles. The lowest BCUT2D eigenvalue weighted by Crippen LogP contribution is -2.16. The van der Waals surface area contributed by atoms with Crippen LogP contribution in [-0.4, -0.2) is 31.4 Å². The summed E-state index contributed by atoms with van der Waals surface area (Å²) >= 11 is 13.4. The molecule has 3 heterocycles. The number of rotatable bonds is 6. The Hall–Kier alpha value is -2.81. The molecule has 1 N–H and O–H groups in total. The molecule has 0 aliphatic rings. The predicted octanol–water partition coefficient (Wildman–Crippen LogP) is 5.27. The first-order valence-corrected chi connectivity index (χ1v) is 10.6. The first-order valence-electron chi connectivity index (χ1n) is 8.83. The number of para-hydroxylation sites is 1. The third-order valence-corrected chi connectivity index (χ3v) is 5.68. The van der Waals surface area contributed by atoms with Gasteiger partial charge < -0.3 is 9.73 Å². The second kappa shape index (κ2) is 8.91. The molecule has 4 aromatic rings. The number of furan rings is 1. The minimum Gasteiger partial charge on any atom is -0.461 e. The Morgan fingerprint density at radius 1 is 1.13 bits per heavy atom. The molecule has 0 aliphatic heterocycles. The number of nitrogens with zero attached hydrogens (tertiary/aromatic N) is 4.